The van der Waals surface area contributed by atoms with Crippen LogP contribution in [0.15, 0.2) is 18.2 Å². The molecular formula is C15H22N2O3. The number of amides is 1. The van der Waals surface area contributed by atoms with E-state index in [0.29, 0.717) is 6.42 Å². The second-order valence-corrected chi connectivity index (χ2v) is 4.84. The van der Waals surface area contributed by atoms with Crippen molar-refractivity contribution >= 4 is 5.91 Å². The number of ether oxygens (including phenoxy) is 2. The van der Waals surface area contributed by atoms with Gasteiger partial charge in [0.15, 0.2) is 0 Å². The standard InChI is InChI=1S/C15H22N2O3/c1-19-13-4-5-14(20-2)12(10-13)11-15(18)17-8-3-6-16-7-9-17/h4-5,10,16H,3,6-9,11H2,1-2H3. The summed E-state index contributed by atoms with van der Waals surface area (Å²) < 4.78 is 10.5. The largest absolute Gasteiger partial charge is 0.497 e. The molecule has 1 aromatic rings. The normalized spacial score (nSPS) is 15.6. The Labute approximate surface area is 119 Å². The molecule has 20 heavy (non-hydrogen) atoms. The van der Waals surface area contributed by atoms with Gasteiger partial charge in [0, 0.05) is 25.2 Å². The van der Waals surface area contributed by atoms with Crippen LogP contribution in [0.1, 0.15) is 12.0 Å². The zero-order valence-electron chi connectivity index (χ0n) is 12.1. The molecule has 1 heterocycles. The lowest BCUT2D eigenvalue weighted by molar-refractivity contribution is -0.130. The van der Waals surface area contributed by atoms with E-state index in [1.807, 2.05) is 23.1 Å². The van der Waals surface area contributed by atoms with E-state index in [1.165, 1.54) is 0 Å². The predicted molar refractivity (Wildman–Crippen MR) is 77.3 cm³/mol. The van der Waals surface area contributed by atoms with Gasteiger partial charge in [0.2, 0.25) is 5.91 Å². The topological polar surface area (TPSA) is 50.8 Å². The molecule has 5 nitrogen and oxygen atoms in total. The minimum absolute atomic E-state index is 0.139. The molecule has 1 aliphatic heterocycles. The highest BCUT2D eigenvalue weighted by Crippen LogP contribution is 2.24. The lowest BCUT2D eigenvalue weighted by Crippen LogP contribution is -2.35. The van der Waals surface area contributed by atoms with Crippen molar-refractivity contribution in [3.05, 3.63) is 23.8 Å². The summed E-state index contributed by atoms with van der Waals surface area (Å²) in [5, 5.41) is 3.30. The Balaban J connectivity index is 2.09. The molecular weight excluding hydrogens is 256 g/mol. The fourth-order valence-corrected chi connectivity index (χ4v) is 2.39. The van der Waals surface area contributed by atoms with Crippen LogP contribution in [0.25, 0.3) is 0 Å². The number of rotatable bonds is 4. The van der Waals surface area contributed by atoms with Crippen LogP contribution in [0.4, 0.5) is 0 Å². The molecule has 1 amide bonds. The van der Waals surface area contributed by atoms with Gasteiger partial charge in [-0.05, 0) is 31.2 Å². The Morgan fingerprint density at radius 1 is 1.25 bits per heavy atom. The molecule has 2 rings (SSSR count). The van der Waals surface area contributed by atoms with Gasteiger partial charge in [0.05, 0.1) is 20.6 Å². The van der Waals surface area contributed by atoms with Crippen LogP contribution in [-0.2, 0) is 11.2 Å². The van der Waals surface area contributed by atoms with Crippen LogP contribution in [0, 0.1) is 0 Å². The third kappa shape index (κ3) is 3.63. The Kier molecular flexibility index (Phi) is 5.24. The molecule has 0 aromatic heterocycles. The van der Waals surface area contributed by atoms with E-state index >= 15 is 0 Å². The molecule has 5 heteroatoms. The first-order valence-electron chi connectivity index (χ1n) is 6.94. The molecule has 1 aliphatic rings. The second-order valence-electron chi connectivity index (χ2n) is 4.84. The van der Waals surface area contributed by atoms with Crippen molar-refractivity contribution < 1.29 is 14.3 Å². The third-order valence-corrected chi connectivity index (χ3v) is 3.52. The number of hydrogen-bond acceptors (Lipinski definition) is 4. The van der Waals surface area contributed by atoms with Crippen LogP contribution in [0.2, 0.25) is 0 Å². The Bertz CT molecular complexity index is 454. The SMILES string of the molecule is COc1ccc(OC)c(CC(=O)N2CCCNCC2)c1. The number of benzene rings is 1. The summed E-state index contributed by atoms with van der Waals surface area (Å²) in [7, 11) is 3.24. The number of carbonyl (C=O) groups excluding carboxylic acids is 1. The van der Waals surface area contributed by atoms with Gasteiger partial charge in [-0.2, -0.15) is 0 Å². The maximum absolute atomic E-state index is 12.4. The van der Waals surface area contributed by atoms with Gasteiger partial charge in [-0.1, -0.05) is 0 Å². The zero-order valence-corrected chi connectivity index (χ0v) is 12.1. The molecule has 110 valence electrons. The summed E-state index contributed by atoms with van der Waals surface area (Å²) in [6, 6.07) is 5.54. The van der Waals surface area contributed by atoms with Gasteiger partial charge in [-0.3, -0.25) is 4.79 Å². The van der Waals surface area contributed by atoms with Crippen molar-refractivity contribution in [1.82, 2.24) is 10.2 Å². The van der Waals surface area contributed by atoms with E-state index in [1.54, 1.807) is 14.2 Å². The van der Waals surface area contributed by atoms with Crippen LogP contribution in [-0.4, -0.2) is 51.2 Å². The summed E-state index contributed by atoms with van der Waals surface area (Å²) >= 11 is 0. The molecule has 0 radical (unpaired) electrons. The summed E-state index contributed by atoms with van der Waals surface area (Å²) in [5.41, 5.74) is 0.869. The summed E-state index contributed by atoms with van der Waals surface area (Å²) in [6.07, 6.45) is 1.35. The van der Waals surface area contributed by atoms with Crippen molar-refractivity contribution in [2.45, 2.75) is 12.8 Å². The van der Waals surface area contributed by atoms with Gasteiger partial charge in [0.25, 0.3) is 0 Å². The van der Waals surface area contributed by atoms with Gasteiger partial charge in [0.1, 0.15) is 11.5 Å². The van der Waals surface area contributed by atoms with E-state index in [-0.39, 0.29) is 5.91 Å². The Morgan fingerprint density at radius 3 is 2.85 bits per heavy atom. The van der Waals surface area contributed by atoms with Crippen LogP contribution in [0.3, 0.4) is 0 Å². The van der Waals surface area contributed by atoms with Crippen molar-refractivity contribution in [1.29, 1.82) is 0 Å². The van der Waals surface area contributed by atoms with Crippen molar-refractivity contribution in [2.24, 2.45) is 0 Å². The van der Waals surface area contributed by atoms with Gasteiger partial charge >= 0.3 is 0 Å². The minimum Gasteiger partial charge on any atom is -0.497 e. The molecule has 1 saturated heterocycles. The van der Waals surface area contributed by atoms with Crippen molar-refractivity contribution in [2.75, 3.05) is 40.4 Å². The Morgan fingerprint density at radius 2 is 2.10 bits per heavy atom. The first-order chi connectivity index (χ1) is 9.74. The molecule has 1 fully saturated rings. The first-order valence-corrected chi connectivity index (χ1v) is 6.94. The molecule has 0 bridgehead atoms. The highest BCUT2D eigenvalue weighted by molar-refractivity contribution is 5.79. The molecule has 1 N–H and O–H groups in total. The van der Waals surface area contributed by atoms with Crippen molar-refractivity contribution in [3.63, 3.8) is 0 Å². The molecule has 0 unspecified atom stereocenters. The summed E-state index contributed by atoms with van der Waals surface area (Å²) in [4.78, 5) is 14.3. The number of carbonyl (C=O) groups is 1. The number of methoxy groups -OCH3 is 2. The van der Waals surface area contributed by atoms with Crippen LogP contribution >= 0.6 is 0 Å². The molecule has 1 aromatic carbocycles. The lowest BCUT2D eigenvalue weighted by Gasteiger charge is -2.20. The average Bonchev–Trinajstić information content (AvgIpc) is 2.76. The van der Waals surface area contributed by atoms with E-state index in [4.69, 9.17) is 9.47 Å². The second kappa shape index (κ2) is 7.14. The monoisotopic (exact) mass is 278 g/mol. The molecule has 0 atom stereocenters. The number of nitrogens with zero attached hydrogens (tertiary/aromatic N) is 1. The Hall–Kier alpha value is -1.75. The van der Waals surface area contributed by atoms with Gasteiger partial charge in [-0.15, -0.1) is 0 Å². The highest BCUT2D eigenvalue weighted by Gasteiger charge is 2.17. The fraction of sp³-hybridized carbons (Fsp3) is 0.533. The van der Waals surface area contributed by atoms with Crippen LogP contribution < -0.4 is 14.8 Å². The predicted octanol–water partition coefficient (Wildman–Crippen LogP) is 1.07. The van der Waals surface area contributed by atoms with Gasteiger partial charge < -0.3 is 19.7 Å². The minimum atomic E-state index is 0.139. The van der Waals surface area contributed by atoms with E-state index < -0.39 is 0 Å². The van der Waals surface area contributed by atoms with Crippen molar-refractivity contribution in [3.8, 4) is 11.5 Å². The van der Waals surface area contributed by atoms with Crippen LogP contribution in [0.5, 0.6) is 11.5 Å². The third-order valence-electron chi connectivity index (χ3n) is 3.52. The molecule has 0 saturated carbocycles. The zero-order chi connectivity index (χ0) is 14.4. The molecule has 0 aliphatic carbocycles. The highest BCUT2D eigenvalue weighted by atomic mass is 16.5. The maximum Gasteiger partial charge on any atom is 0.227 e. The summed E-state index contributed by atoms with van der Waals surface area (Å²) in [6.45, 7) is 3.43. The first kappa shape index (κ1) is 14.7. The van der Waals surface area contributed by atoms with E-state index in [9.17, 15) is 4.79 Å². The van der Waals surface area contributed by atoms with E-state index in [2.05, 4.69) is 5.32 Å². The lowest BCUT2D eigenvalue weighted by atomic mass is 10.1. The number of hydrogen-bond donors (Lipinski definition) is 1. The fourth-order valence-electron chi connectivity index (χ4n) is 2.39. The maximum atomic E-state index is 12.4. The van der Waals surface area contributed by atoms with E-state index in [0.717, 1.165) is 49.7 Å². The smallest absolute Gasteiger partial charge is 0.227 e. The summed E-state index contributed by atoms with van der Waals surface area (Å²) in [5.74, 6) is 1.61. The molecule has 0 spiro atoms. The quantitative estimate of drug-likeness (QED) is 0.895. The number of nitrogens with one attached hydrogen (secondary N) is 1. The van der Waals surface area contributed by atoms with Gasteiger partial charge in [-0.25, -0.2) is 0 Å². The average molecular weight is 278 g/mol.